The third-order valence-corrected chi connectivity index (χ3v) is 5.62. The number of aliphatic hydroxyl groups is 1. The molecule has 0 spiro atoms. The van der Waals surface area contributed by atoms with Crippen LogP contribution in [-0.2, 0) is 0 Å². The molecule has 3 aromatic rings. The van der Waals surface area contributed by atoms with Crippen molar-refractivity contribution in [3.8, 4) is 16.9 Å². The van der Waals surface area contributed by atoms with E-state index in [1.807, 2.05) is 54.6 Å². The molecule has 1 N–H and O–H groups in total. The first-order chi connectivity index (χ1) is 14.2. The number of pyridine rings is 1. The molecule has 0 bridgehead atoms. The molecule has 0 saturated carbocycles. The topological polar surface area (TPSA) is 59.4 Å². The summed E-state index contributed by atoms with van der Waals surface area (Å²) in [5, 5.41) is 9.47. The molecular formula is C25H25NO3. The highest BCUT2D eigenvalue weighted by molar-refractivity contribution is 5.97. The zero-order valence-electron chi connectivity index (χ0n) is 16.5. The Hall–Kier alpha value is -2.98. The normalized spacial score (nSPS) is 15.7. The van der Waals surface area contributed by atoms with Crippen LogP contribution in [0.2, 0.25) is 0 Å². The van der Waals surface area contributed by atoms with Crippen molar-refractivity contribution in [1.29, 1.82) is 0 Å². The molecule has 29 heavy (non-hydrogen) atoms. The summed E-state index contributed by atoms with van der Waals surface area (Å²) >= 11 is 0. The second-order valence-corrected chi connectivity index (χ2v) is 7.44. The summed E-state index contributed by atoms with van der Waals surface area (Å²) in [7, 11) is 0. The number of ether oxygens (including phenoxy) is 1. The average Bonchev–Trinajstić information content (AvgIpc) is 2.78. The third kappa shape index (κ3) is 3.94. The van der Waals surface area contributed by atoms with Gasteiger partial charge in [-0.05, 0) is 42.0 Å². The molecule has 0 radical (unpaired) electrons. The number of carbonyl (C=O) groups excluding carboxylic acids is 1. The molecule has 2 heterocycles. The fourth-order valence-corrected chi connectivity index (χ4v) is 4.07. The van der Waals surface area contributed by atoms with Gasteiger partial charge in [0.1, 0.15) is 11.9 Å². The fourth-order valence-electron chi connectivity index (χ4n) is 4.07. The molecular weight excluding hydrogens is 362 g/mol. The molecule has 2 aromatic carbocycles. The number of Topliss-reactive ketones (excluding diaryl/α,β-unsaturated/α-hetero) is 1. The van der Waals surface area contributed by atoms with Gasteiger partial charge in [-0.3, -0.25) is 9.78 Å². The summed E-state index contributed by atoms with van der Waals surface area (Å²) in [5.74, 6) is 0.887. The van der Waals surface area contributed by atoms with Crippen molar-refractivity contribution >= 4 is 5.78 Å². The van der Waals surface area contributed by atoms with E-state index in [9.17, 15) is 9.90 Å². The number of fused-ring (bicyclic) bond motifs is 3. The SMILES string of the molecule is CCC1Oc2cnccc2-c2ccc(C(=O)C[C@H](CCO)c3ccccc3)cc21. The number of carbonyl (C=O) groups is 1. The molecule has 4 heteroatoms. The smallest absolute Gasteiger partial charge is 0.163 e. The Kier molecular flexibility index (Phi) is 5.72. The van der Waals surface area contributed by atoms with Crippen LogP contribution in [0.3, 0.4) is 0 Å². The van der Waals surface area contributed by atoms with Crippen LogP contribution >= 0.6 is 0 Å². The summed E-state index contributed by atoms with van der Waals surface area (Å²) in [6, 6.07) is 17.8. The highest BCUT2D eigenvalue weighted by atomic mass is 16.5. The van der Waals surface area contributed by atoms with Gasteiger partial charge in [0.15, 0.2) is 5.78 Å². The Balaban J connectivity index is 1.64. The van der Waals surface area contributed by atoms with Crippen molar-refractivity contribution < 1.29 is 14.6 Å². The lowest BCUT2D eigenvalue weighted by atomic mass is 9.86. The Bertz CT molecular complexity index is 1000. The molecule has 0 fully saturated rings. The van der Waals surface area contributed by atoms with Crippen molar-refractivity contribution in [2.24, 2.45) is 0 Å². The fraction of sp³-hybridized carbons (Fsp3) is 0.280. The number of aliphatic hydroxyl groups excluding tert-OH is 1. The second-order valence-electron chi connectivity index (χ2n) is 7.44. The Morgan fingerprint density at radius 2 is 1.97 bits per heavy atom. The van der Waals surface area contributed by atoms with E-state index in [-0.39, 0.29) is 24.4 Å². The van der Waals surface area contributed by atoms with Gasteiger partial charge in [-0.1, -0.05) is 49.4 Å². The van der Waals surface area contributed by atoms with E-state index in [2.05, 4.69) is 11.9 Å². The van der Waals surface area contributed by atoms with Gasteiger partial charge in [-0.15, -0.1) is 0 Å². The van der Waals surface area contributed by atoms with E-state index >= 15 is 0 Å². The van der Waals surface area contributed by atoms with Crippen LogP contribution < -0.4 is 4.74 Å². The van der Waals surface area contributed by atoms with Gasteiger partial charge in [0.05, 0.1) is 6.20 Å². The molecule has 1 aliphatic heterocycles. The van der Waals surface area contributed by atoms with Crippen LogP contribution in [0.5, 0.6) is 5.75 Å². The van der Waals surface area contributed by atoms with E-state index in [1.165, 1.54) is 0 Å². The third-order valence-electron chi connectivity index (χ3n) is 5.62. The van der Waals surface area contributed by atoms with E-state index in [1.54, 1.807) is 12.4 Å². The molecule has 1 aliphatic rings. The van der Waals surface area contributed by atoms with Gasteiger partial charge in [0.25, 0.3) is 0 Å². The summed E-state index contributed by atoms with van der Waals surface area (Å²) in [5.41, 5.74) is 4.95. The van der Waals surface area contributed by atoms with Crippen molar-refractivity contribution in [2.75, 3.05) is 6.61 Å². The Morgan fingerprint density at radius 3 is 2.72 bits per heavy atom. The zero-order chi connectivity index (χ0) is 20.2. The molecule has 4 rings (SSSR count). The molecule has 0 saturated heterocycles. The largest absolute Gasteiger partial charge is 0.483 e. The Morgan fingerprint density at radius 1 is 1.14 bits per heavy atom. The van der Waals surface area contributed by atoms with Gasteiger partial charge in [0.2, 0.25) is 0 Å². The first-order valence-electron chi connectivity index (χ1n) is 10.1. The first kappa shape index (κ1) is 19.3. The number of benzene rings is 2. The second kappa shape index (κ2) is 8.58. The predicted molar refractivity (Wildman–Crippen MR) is 113 cm³/mol. The molecule has 4 nitrogen and oxygen atoms in total. The van der Waals surface area contributed by atoms with E-state index < -0.39 is 0 Å². The number of nitrogens with zero attached hydrogens (tertiary/aromatic N) is 1. The van der Waals surface area contributed by atoms with E-state index in [0.29, 0.717) is 18.4 Å². The maximum Gasteiger partial charge on any atom is 0.163 e. The quantitative estimate of drug-likeness (QED) is 0.557. The lowest BCUT2D eigenvalue weighted by molar-refractivity contribution is 0.0969. The minimum Gasteiger partial charge on any atom is -0.483 e. The number of hydrogen-bond acceptors (Lipinski definition) is 4. The molecule has 0 amide bonds. The van der Waals surface area contributed by atoms with Crippen LogP contribution in [0, 0.1) is 0 Å². The zero-order valence-corrected chi connectivity index (χ0v) is 16.5. The average molecular weight is 387 g/mol. The molecule has 1 unspecified atom stereocenters. The minimum atomic E-state index is -0.0863. The maximum atomic E-state index is 13.1. The van der Waals surface area contributed by atoms with Crippen LogP contribution in [0.25, 0.3) is 11.1 Å². The van der Waals surface area contributed by atoms with Crippen molar-refractivity contribution in [3.05, 3.63) is 83.7 Å². The number of ketones is 1. The molecule has 2 atom stereocenters. The monoisotopic (exact) mass is 387 g/mol. The Labute approximate surface area is 171 Å². The maximum absolute atomic E-state index is 13.1. The number of hydrogen-bond donors (Lipinski definition) is 1. The summed E-state index contributed by atoms with van der Waals surface area (Å²) in [4.78, 5) is 17.3. The summed E-state index contributed by atoms with van der Waals surface area (Å²) < 4.78 is 6.12. The standard InChI is InChI=1S/C25H25NO3/c1-2-24-22-14-19(8-9-20(22)21-10-12-26-16-25(21)29-24)23(28)15-18(11-13-27)17-6-4-3-5-7-17/h3-10,12,14,16,18,24,27H,2,11,13,15H2,1H3/t18-,24?/m0/s1. The molecule has 148 valence electrons. The van der Waals surface area contributed by atoms with Crippen LogP contribution in [0.4, 0.5) is 0 Å². The molecule has 0 aliphatic carbocycles. The van der Waals surface area contributed by atoms with Gasteiger partial charge in [-0.25, -0.2) is 0 Å². The van der Waals surface area contributed by atoms with Crippen molar-refractivity contribution in [3.63, 3.8) is 0 Å². The van der Waals surface area contributed by atoms with Crippen LogP contribution in [0.1, 0.15) is 59.7 Å². The van der Waals surface area contributed by atoms with E-state index in [4.69, 9.17) is 4.74 Å². The lowest BCUT2D eigenvalue weighted by Gasteiger charge is -2.28. The summed E-state index contributed by atoms with van der Waals surface area (Å²) in [6.45, 7) is 2.14. The van der Waals surface area contributed by atoms with Gasteiger partial charge in [-0.2, -0.15) is 0 Å². The van der Waals surface area contributed by atoms with Crippen LogP contribution in [0.15, 0.2) is 67.0 Å². The van der Waals surface area contributed by atoms with Gasteiger partial charge >= 0.3 is 0 Å². The lowest BCUT2D eigenvalue weighted by Crippen LogP contribution is -2.15. The number of aromatic nitrogens is 1. The minimum absolute atomic E-state index is 0.00903. The van der Waals surface area contributed by atoms with Crippen LogP contribution in [-0.4, -0.2) is 22.5 Å². The highest BCUT2D eigenvalue weighted by Crippen LogP contribution is 2.43. The first-order valence-corrected chi connectivity index (χ1v) is 10.1. The van der Waals surface area contributed by atoms with Crippen molar-refractivity contribution in [2.45, 2.75) is 38.2 Å². The van der Waals surface area contributed by atoms with Gasteiger partial charge < -0.3 is 9.84 Å². The van der Waals surface area contributed by atoms with Crippen molar-refractivity contribution in [1.82, 2.24) is 4.98 Å². The number of rotatable bonds is 7. The molecule has 1 aromatic heterocycles. The summed E-state index contributed by atoms with van der Waals surface area (Å²) in [6.07, 6.45) is 5.19. The van der Waals surface area contributed by atoms with E-state index in [0.717, 1.165) is 34.4 Å². The highest BCUT2D eigenvalue weighted by Gasteiger charge is 2.26. The predicted octanol–water partition coefficient (Wildman–Crippen LogP) is 5.33. The van der Waals surface area contributed by atoms with Gasteiger partial charge in [0, 0.05) is 35.9 Å².